The first-order chi connectivity index (χ1) is 7.11. The van der Waals surface area contributed by atoms with Crippen LogP contribution in [0, 0.1) is 25.2 Å². The Balaban J connectivity index is 2.42. The molecule has 2 heterocycles. The highest BCUT2D eigenvalue weighted by Gasteiger charge is 2.27. The zero-order chi connectivity index (χ0) is 11.0. The van der Waals surface area contributed by atoms with E-state index in [1.54, 1.807) is 0 Å². The summed E-state index contributed by atoms with van der Waals surface area (Å²) < 4.78 is 0. The minimum absolute atomic E-state index is 0.259. The van der Waals surface area contributed by atoms with E-state index in [0.29, 0.717) is 18.7 Å². The number of nitrogens with zero attached hydrogens (tertiary/aromatic N) is 3. The van der Waals surface area contributed by atoms with Gasteiger partial charge in [-0.3, -0.25) is 4.98 Å². The van der Waals surface area contributed by atoms with Gasteiger partial charge >= 0.3 is 0 Å². The van der Waals surface area contributed by atoms with E-state index in [0.717, 1.165) is 17.1 Å². The van der Waals surface area contributed by atoms with Gasteiger partial charge in [-0.2, -0.15) is 5.26 Å². The largest absolute Gasteiger partial charge is 0.389 e. The van der Waals surface area contributed by atoms with Gasteiger partial charge in [0, 0.05) is 18.8 Å². The van der Waals surface area contributed by atoms with Crippen molar-refractivity contribution in [2.75, 3.05) is 18.0 Å². The summed E-state index contributed by atoms with van der Waals surface area (Å²) in [4.78, 5) is 6.26. The van der Waals surface area contributed by atoms with Gasteiger partial charge in [0.15, 0.2) is 0 Å². The average molecular weight is 203 g/mol. The van der Waals surface area contributed by atoms with Gasteiger partial charge in [0.1, 0.15) is 6.07 Å². The third kappa shape index (κ3) is 1.66. The highest BCUT2D eigenvalue weighted by Crippen LogP contribution is 2.27. The number of aliphatic hydroxyl groups is 1. The summed E-state index contributed by atoms with van der Waals surface area (Å²) in [5, 5.41) is 18.3. The molecule has 0 bridgehead atoms. The first kappa shape index (κ1) is 9.94. The van der Waals surface area contributed by atoms with Crippen molar-refractivity contribution < 1.29 is 5.11 Å². The highest BCUT2D eigenvalue weighted by molar-refractivity contribution is 5.63. The van der Waals surface area contributed by atoms with Crippen molar-refractivity contribution >= 4 is 5.69 Å². The van der Waals surface area contributed by atoms with Crippen molar-refractivity contribution in [3.63, 3.8) is 0 Å². The summed E-state index contributed by atoms with van der Waals surface area (Å²) >= 11 is 0. The van der Waals surface area contributed by atoms with Crippen molar-refractivity contribution in [2.24, 2.45) is 0 Å². The van der Waals surface area contributed by atoms with Gasteiger partial charge in [-0.1, -0.05) is 0 Å². The molecule has 1 aliphatic heterocycles. The van der Waals surface area contributed by atoms with E-state index in [2.05, 4.69) is 11.1 Å². The van der Waals surface area contributed by atoms with Crippen molar-refractivity contribution in [3.8, 4) is 6.07 Å². The molecule has 0 amide bonds. The Bertz CT molecular complexity index is 430. The first-order valence-corrected chi connectivity index (χ1v) is 4.93. The molecule has 1 saturated heterocycles. The molecular weight excluding hydrogens is 190 g/mol. The Hall–Kier alpha value is -1.60. The Kier molecular flexibility index (Phi) is 2.33. The van der Waals surface area contributed by atoms with Crippen LogP contribution in [0.3, 0.4) is 0 Å². The molecule has 0 radical (unpaired) electrons. The average Bonchev–Trinajstić information content (AvgIpc) is 2.12. The van der Waals surface area contributed by atoms with Gasteiger partial charge in [0.05, 0.1) is 23.0 Å². The normalized spacial score (nSPS) is 16.0. The van der Waals surface area contributed by atoms with Crippen molar-refractivity contribution in [2.45, 2.75) is 20.0 Å². The fourth-order valence-corrected chi connectivity index (χ4v) is 1.85. The van der Waals surface area contributed by atoms with Crippen LogP contribution in [-0.2, 0) is 0 Å². The zero-order valence-electron chi connectivity index (χ0n) is 8.86. The summed E-state index contributed by atoms with van der Waals surface area (Å²) in [6.07, 6.45) is -0.259. The second kappa shape index (κ2) is 3.52. The van der Waals surface area contributed by atoms with Crippen LogP contribution in [0.25, 0.3) is 0 Å². The lowest BCUT2D eigenvalue weighted by Crippen LogP contribution is -2.51. The molecule has 2 rings (SSSR count). The molecule has 1 aromatic rings. The molecule has 0 atom stereocenters. The molecule has 78 valence electrons. The molecule has 0 aliphatic carbocycles. The van der Waals surface area contributed by atoms with Crippen LogP contribution >= 0.6 is 0 Å². The van der Waals surface area contributed by atoms with E-state index in [4.69, 9.17) is 5.26 Å². The molecule has 4 nitrogen and oxygen atoms in total. The van der Waals surface area contributed by atoms with Crippen molar-refractivity contribution in [1.82, 2.24) is 4.98 Å². The van der Waals surface area contributed by atoms with Crippen LogP contribution in [-0.4, -0.2) is 29.3 Å². The summed E-state index contributed by atoms with van der Waals surface area (Å²) in [5.74, 6) is 0. The monoisotopic (exact) mass is 203 g/mol. The molecule has 4 heteroatoms. The Morgan fingerprint density at radius 2 is 2.20 bits per heavy atom. The molecule has 1 aromatic heterocycles. The number of anilines is 1. The maximum atomic E-state index is 9.24. The number of nitriles is 1. The van der Waals surface area contributed by atoms with E-state index in [9.17, 15) is 5.11 Å². The highest BCUT2D eigenvalue weighted by atomic mass is 16.3. The number of aliphatic hydroxyl groups excluding tert-OH is 1. The smallest absolute Gasteiger partial charge is 0.103 e. The molecule has 0 aromatic carbocycles. The third-order valence-electron chi connectivity index (χ3n) is 2.62. The lowest BCUT2D eigenvalue weighted by molar-refractivity contribution is 0.142. The number of rotatable bonds is 1. The summed E-state index contributed by atoms with van der Waals surface area (Å²) in [6.45, 7) is 4.97. The maximum Gasteiger partial charge on any atom is 0.103 e. The fraction of sp³-hybridized carbons (Fsp3) is 0.455. The molecule has 15 heavy (non-hydrogen) atoms. The molecule has 0 spiro atoms. The van der Waals surface area contributed by atoms with Crippen LogP contribution in [0.15, 0.2) is 6.07 Å². The van der Waals surface area contributed by atoms with Gasteiger partial charge in [0.2, 0.25) is 0 Å². The second-order valence-electron chi connectivity index (χ2n) is 3.91. The van der Waals surface area contributed by atoms with E-state index in [-0.39, 0.29) is 6.10 Å². The summed E-state index contributed by atoms with van der Waals surface area (Å²) in [5.41, 5.74) is 3.18. The minimum atomic E-state index is -0.259. The van der Waals surface area contributed by atoms with Gasteiger partial charge in [-0.25, -0.2) is 0 Å². The molecule has 0 saturated carbocycles. The molecule has 0 unspecified atom stereocenters. The Morgan fingerprint density at radius 1 is 1.53 bits per heavy atom. The van der Waals surface area contributed by atoms with Crippen molar-refractivity contribution in [1.29, 1.82) is 5.26 Å². The maximum absolute atomic E-state index is 9.24. The van der Waals surface area contributed by atoms with E-state index in [1.807, 2.05) is 24.8 Å². The molecule has 1 aliphatic rings. The standard InChI is InChI=1S/C11H13N3O/c1-7-3-11(14-5-9(15)6-14)10(4-12)8(2)13-7/h3,9,15H,5-6H2,1-2H3. The Morgan fingerprint density at radius 3 is 2.73 bits per heavy atom. The van der Waals surface area contributed by atoms with Crippen LogP contribution in [0.2, 0.25) is 0 Å². The molecular formula is C11H13N3O. The molecule has 1 N–H and O–H groups in total. The van der Waals surface area contributed by atoms with E-state index in [1.165, 1.54) is 0 Å². The lowest BCUT2D eigenvalue weighted by Gasteiger charge is -2.38. The topological polar surface area (TPSA) is 60.1 Å². The number of hydrogen-bond donors (Lipinski definition) is 1. The van der Waals surface area contributed by atoms with E-state index < -0.39 is 0 Å². The predicted molar refractivity (Wildman–Crippen MR) is 56.6 cm³/mol. The van der Waals surface area contributed by atoms with Crippen LogP contribution in [0.5, 0.6) is 0 Å². The quantitative estimate of drug-likeness (QED) is 0.731. The van der Waals surface area contributed by atoms with Gasteiger partial charge in [-0.15, -0.1) is 0 Å². The SMILES string of the molecule is Cc1cc(N2CC(O)C2)c(C#N)c(C)n1. The lowest BCUT2D eigenvalue weighted by atomic mass is 10.1. The number of β-amino-alcohol motifs (C(OH)–C–C–N with tert-alkyl or cyclic N) is 1. The number of aryl methyl sites for hydroxylation is 2. The molecule has 1 fully saturated rings. The number of aromatic nitrogens is 1. The van der Waals surface area contributed by atoms with Crippen LogP contribution < -0.4 is 4.90 Å². The summed E-state index contributed by atoms with van der Waals surface area (Å²) in [6, 6.07) is 4.07. The van der Waals surface area contributed by atoms with Gasteiger partial charge in [-0.05, 0) is 19.9 Å². The van der Waals surface area contributed by atoms with Crippen LogP contribution in [0.1, 0.15) is 17.0 Å². The summed E-state index contributed by atoms with van der Waals surface area (Å²) in [7, 11) is 0. The second-order valence-corrected chi connectivity index (χ2v) is 3.91. The van der Waals surface area contributed by atoms with Crippen molar-refractivity contribution in [3.05, 3.63) is 23.0 Å². The fourth-order valence-electron chi connectivity index (χ4n) is 1.85. The van der Waals surface area contributed by atoms with Gasteiger partial charge in [0.25, 0.3) is 0 Å². The minimum Gasteiger partial charge on any atom is -0.389 e. The third-order valence-corrected chi connectivity index (χ3v) is 2.62. The van der Waals surface area contributed by atoms with Gasteiger partial charge < -0.3 is 10.0 Å². The first-order valence-electron chi connectivity index (χ1n) is 4.93. The number of pyridine rings is 1. The zero-order valence-corrected chi connectivity index (χ0v) is 8.86. The Labute approximate surface area is 88.8 Å². The van der Waals surface area contributed by atoms with Crippen LogP contribution in [0.4, 0.5) is 5.69 Å². The predicted octanol–water partition coefficient (Wildman–Crippen LogP) is 0.751. The number of hydrogen-bond acceptors (Lipinski definition) is 4. The van der Waals surface area contributed by atoms with E-state index >= 15 is 0 Å².